The number of para-hydroxylation sites is 1. The number of rotatable bonds is 1. The summed E-state index contributed by atoms with van der Waals surface area (Å²) in [4.78, 5) is 26.6. The van der Waals surface area contributed by atoms with Crippen molar-refractivity contribution < 1.29 is 9.59 Å². The number of nitrogens with zero attached hydrogens (tertiary/aromatic N) is 2. The molecule has 92 valence electrons. The summed E-state index contributed by atoms with van der Waals surface area (Å²) in [7, 11) is 0. The molecule has 0 spiro atoms. The first-order chi connectivity index (χ1) is 8.68. The van der Waals surface area contributed by atoms with Crippen molar-refractivity contribution in [2.75, 3.05) is 4.90 Å². The molecule has 2 heterocycles. The minimum absolute atomic E-state index is 0.190. The van der Waals surface area contributed by atoms with Crippen LogP contribution < -0.4 is 15.8 Å². The van der Waals surface area contributed by atoms with Crippen molar-refractivity contribution in [1.82, 2.24) is 15.8 Å². The number of hydrogen-bond acceptors (Lipinski definition) is 3. The average Bonchev–Trinajstić information content (AvgIpc) is 2.74. The molecule has 1 aromatic rings. The van der Waals surface area contributed by atoms with Crippen molar-refractivity contribution in [3.8, 4) is 0 Å². The topological polar surface area (TPSA) is 64.7 Å². The molecule has 6 nitrogen and oxygen atoms in total. The summed E-state index contributed by atoms with van der Waals surface area (Å²) in [5.74, 6) is -0.190. The minimum atomic E-state index is -0.679. The number of fused-ring (bicyclic) bond motifs is 1. The molecule has 0 aromatic heterocycles. The number of carbonyl (C=O) groups is 2. The Morgan fingerprint density at radius 3 is 2.72 bits per heavy atom. The van der Waals surface area contributed by atoms with Gasteiger partial charge in [-0.25, -0.2) is 10.2 Å². The molecule has 2 aliphatic rings. The molecular formula is C12H12N4O2. The third-order valence-corrected chi connectivity index (χ3v) is 3.05. The zero-order valence-corrected chi connectivity index (χ0v) is 9.75. The zero-order chi connectivity index (χ0) is 12.7. The van der Waals surface area contributed by atoms with Gasteiger partial charge in [-0.1, -0.05) is 18.2 Å². The molecule has 1 aromatic carbocycles. The molecule has 1 fully saturated rings. The second kappa shape index (κ2) is 3.85. The highest BCUT2D eigenvalue weighted by molar-refractivity contribution is 6.03. The van der Waals surface area contributed by atoms with E-state index >= 15 is 0 Å². The van der Waals surface area contributed by atoms with Gasteiger partial charge in [0, 0.05) is 12.4 Å². The summed E-state index contributed by atoms with van der Waals surface area (Å²) in [6.45, 7) is 1.94. The van der Waals surface area contributed by atoms with Gasteiger partial charge in [-0.2, -0.15) is 0 Å². The van der Waals surface area contributed by atoms with Crippen LogP contribution in [0.2, 0.25) is 0 Å². The Morgan fingerprint density at radius 1 is 1.17 bits per heavy atom. The molecule has 2 aliphatic heterocycles. The van der Waals surface area contributed by atoms with Crippen molar-refractivity contribution in [3.63, 3.8) is 0 Å². The average molecular weight is 244 g/mol. The third kappa shape index (κ3) is 1.46. The highest BCUT2D eigenvalue weighted by atomic mass is 16.2. The Balaban J connectivity index is 1.99. The van der Waals surface area contributed by atoms with Crippen LogP contribution >= 0.6 is 0 Å². The first-order valence-electron chi connectivity index (χ1n) is 5.59. The van der Waals surface area contributed by atoms with Crippen LogP contribution in [0.5, 0.6) is 0 Å². The maximum Gasteiger partial charge on any atom is 0.337 e. The fourth-order valence-electron chi connectivity index (χ4n) is 2.09. The van der Waals surface area contributed by atoms with E-state index in [1.54, 1.807) is 17.3 Å². The summed E-state index contributed by atoms with van der Waals surface area (Å²) in [5, 5.41) is 0. The van der Waals surface area contributed by atoms with Crippen LogP contribution in [0.15, 0.2) is 36.7 Å². The predicted octanol–water partition coefficient (Wildman–Crippen LogP) is 0.669. The summed E-state index contributed by atoms with van der Waals surface area (Å²) >= 11 is 0. The van der Waals surface area contributed by atoms with Crippen molar-refractivity contribution in [3.05, 3.63) is 42.2 Å². The van der Waals surface area contributed by atoms with E-state index in [0.717, 1.165) is 11.3 Å². The monoisotopic (exact) mass is 244 g/mol. The third-order valence-electron chi connectivity index (χ3n) is 3.05. The van der Waals surface area contributed by atoms with Gasteiger partial charge in [-0.15, -0.1) is 0 Å². The Morgan fingerprint density at radius 2 is 1.94 bits per heavy atom. The Bertz CT molecular complexity index is 555. The minimum Gasteiger partial charge on any atom is -0.283 e. The quantitative estimate of drug-likeness (QED) is 0.763. The number of aryl methyl sites for hydroxylation is 1. The highest BCUT2D eigenvalue weighted by Gasteiger charge is 2.40. The number of urea groups is 1. The summed E-state index contributed by atoms with van der Waals surface area (Å²) in [5.41, 5.74) is 6.90. The lowest BCUT2D eigenvalue weighted by atomic mass is 10.1. The van der Waals surface area contributed by atoms with E-state index in [2.05, 4.69) is 10.9 Å². The van der Waals surface area contributed by atoms with Gasteiger partial charge in [0.1, 0.15) is 0 Å². The number of benzene rings is 1. The predicted molar refractivity (Wildman–Crippen MR) is 65.1 cm³/mol. The van der Waals surface area contributed by atoms with Gasteiger partial charge < -0.3 is 0 Å². The lowest BCUT2D eigenvalue weighted by Crippen LogP contribution is -2.51. The van der Waals surface area contributed by atoms with Gasteiger partial charge in [0.15, 0.2) is 6.17 Å². The maximum absolute atomic E-state index is 12.3. The van der Waals surface area contributed by atoms with Crippen LogP contribution in [0, 0.1) is 6.92 Å². The molecule has 3 amide bonds. The molecule has 0 saturated carbocycles. The number of carbonyl (C=O) groups excluding carboxylic acids is 2. The van der Waals surface area contributed by atoms with Gasteiger partial charge in [0.25, 0.3) is 5.91 Å². The molecule has 0 bridgehead atoms. The lowest BCUT2D eigenvalue weighted by molar-refractivity contribution is -0.122. The molecule has 0 radical (unpaired) electrons. The maximum atomic E-state index is 12.3. The summed E-state index contributed by atoms with van der Waals surface area (Å²) < 4.78 is 0. The normalized spacial score (nSPS) is 22.2. The van der Waals surface area contributed by atoms with Crippen LogP contribution in [-0.4, -0.2) is 23.0 Å². The van der Waals surface area contributed by atoms with Crippen LogP contribution in [0.3, 0.4) is 0 Å². The van der Waals surface area contributed by atoms with Crippen LogP contribution in [0.4, 0.5) is 10.5 Å². The number of amides is 3. The van der Waals surface area contributed by atoms with E-state index in [4.69, 9.17) is 0 Å². The Kier molecular flexibility index (Phi) is 2.31. The van der Waals surface area contributed by atoms with Crippen LogP contribution in [0.1, 0.15) is 5.56 Å². The van der Waals surface area contributed by atoms with Crippen molar-refractivity contribution in [1.29, 1.82) is 0 Å². The number of nitrogens with one attached hydrogen (secondary N) is 2. The Labute approximate surface area is 104 Å². The zero-order valence-electron chi connectivity index (χ0n) is 9.75. The lowest BCUT2D eigenvalue weighted by Gasteiger charge is -2.30. The van der Waals surface area contributed by atoms with E-state index in [1.807, 2.05) is 31.2 Å². The fraction of sp³-hybridized carbons (Fsp3) is 0.167. The fourth-order valence-corrected chi connectivity index (χ4v) is 2.09. The summed E-state index contributed by atoms with van der Waals surface area (Å²) in [6, 6.07) is 7.28. The smallest absolute Gasteiger partial charge is 0.283 e. The highest BCUT2D eigenvalue weighted by Crippen LogP contribution is 2.24. The Hall–Kier alpha value is -2.34. The number of anilines is 1. The van der Waals surface area contributed by atoms with Crippen molar-refractivity contribution in [2.45, 2.75) is 13.1 Å². The second-order valence-corrected chi connectivity index (χ2v) is 4.18. The SMILES string of the molecule is Cc1ccccc1N1C=CN2C(=O)NNC2C1=O. The van der Waals surface area contributed by atoms with E-state index < -0.39 is 6.17 Å². The summed E-state index contributed by atoms with van der Waals surface area (Å²) in [6.07, 6.45) is 2.52. The molecule has 0 aliphatic carbocycles. The first-order valence-corrected chi connectivity index (χ1v) is 5.59. The van der Waals surface area contributed by atoms with Gasteiger partial charge in [-0.05, 0) is 18.6 Å². The van der Waals surface area contributed by atoms with Gasteiger partial charge in [-0.3, -0.25) is 20.0 Å². The molecule has 2 N–H and O–H groups in total. The van der Waals surface area contributed by atoms with E-state index in [9.17, 15) is 9.59 Å². The molecule has 1 unspecified atom stereocenters. The molecule has 3 rings (SSSR count). The van der Waals surface area contributed by atoms with Gasteiger partial charge >= 0.3 is 6.03 Å². The molecular weight excluding hydrogens is 232 g/mol. The van der Waals surface area contributed by atoms with E-state index in [0.29, 0.717) is 0 Å². The first kappa shape index (κ1) is 10.8. The standard InChI is InChI=1S/C12H12N4O2/c1-8-4-2-3-5-9(8)15-6-7-16-10(11(15)17)13-14-12(16)18/h2-7,10,13H,1H3,(H,14,18). The molecule has 18 heavy (non-hydrogen) atoms. The van der Waals surface area contributed by atoms with Crippen LogP contribution in [-0.2, 0) is 4.79 Å². The van der Waals surface area contributed by atoms with E-state index in [-0.39, 0.29) is 11.9 Å². The van der Waals surface area contributed by atoms with Crippen molar-refractivity contribution >= 4 is 17.6 Å². The largest absolute Gasteiger partial charge is 0.337 e. The molecule has 1 saturated heterocycles. The van der Waals surface area contributed by atoms with Gasteiger partial charge in [0.2, 0.25) is 0 Å². The second-order valence-electron chi connectivity index (χ2n) is 4.18. The van der Waals surface area contributed by atoms with Gasteiger partial charge in [0.05, 0.1) is 5.69 Å². The number of hydrogen-bond donors (Lipinski definition) is 2. The van der Waals surface area contributed by atoms with E-state index in [1.165, 1.54) is 4.90 Å². The van der Waals surface area contributed by atoms with Crippen molar-refractivity contribution in [2.24, 2.45) is 0 Å². The number of hydrazine groups is 1. The molecule has 6 heteroatoms. The molecule has 1 atom stereocenters. The van der Waals surface area contributed by atoms with Crippen LogP contribution in [0.25, 0.3) is 0 Å².